The lowest BCUT2D eigenvalue weighted by Gasteiger charge is -2.28. The predicted molar refractivity (Wildman–Crippen MR) is 113 cm³/mol. The van der Waals surface area contributed by atoms with Crippen LogP contribution < -0.4 is 14.8 Å². The zero-order valence-electron chi connectivity index (χ0n) is 17.4. The Bertz CT molecular complexity index is 762. The first-order valence-corrected chi connectivity index (χ1v) is 9.87. The zero-order valence-corrected chi connectivity index (χ0v) is 17.4. The van der Waals surface area contributed by atoms with Gasteiger partial charge in [0.2, 0.25) is 11.8 Å². The zero-order chi connectivity index (χ0) is 21.1. The molecule has 0 heterocycles. The molecule has 0 aliphatic heterocycles. The molecule has 0 spiro atoms. The Kier molecular flexibility index (Phi) is 9.02. The van der Waals surface area contributed by atoms with Gasteiger partial charge in [0.1, 0.15) is 17.5 Å². The summed E-state index contributed by atoms with van der Waals surface area (Å²) in [5, 5.41) is 2.63. The molecule has 0 fully saturated rings. The Morgan fingerprint density at radius 1 is 1.03 bits per heavy atom. The van der Waals surface area contributed by atoms with Crippen LogP contribution in [0.25, 0.3) is 0 Å². The van der Waals surface area contributed by atoms with Crippen LogP contribution in [-0.2, 0) is 16.0 Å². The number of ether oxygens (including phenoxy) is 2. The van der Waals surface area contributed by atoms with E-state index in [0.29, 0.717) is 32.4 Å². The molecule has 2 aromatic carbocycles. The smallest absolute Gasteiger partial charge is 0.242 e. The standard InChI is InChI=1S/C23H30N2O4/c1-18(23(27)24-2)25(16-15-19-8-5-4-6-9-19)22(26)10-7-17-29-21-13-11-20(28-3)12-14-21/h4-6,8-9,11-14,18H,7,10,15-17H2,1-3H3,(H,24,27). The van der Waals surface area contributed by atoms with Crippen molar-refractivity contribution >= 4 is 11.8 Å². The van der Waals surface area contributed by atoms with E-state index in [1.54, 1.807) is 26.0 Å². The Labute approximate surface area is 172 Å². The molecule has 6 heteroatoms. The van der Waals surface area contributed by atoms with Crippen molar-refractivity contribution in [1.29, 1.82) is 0 Å². The highest BCUT2D eigenvalue weighted by atomic mass is 16.5. The summed E-state index contributed by atoms with van der Waals surface area (Å²) >= 11 is 0. The van der Waals surface area contributed by atoms with Crippen LogP contribution in [0.1, 0.15) is 25.3 Å². The van der Waals surface area contributed by atoms with Gasteiger partial charge in [-0.2, -0.15) is 0 Å². The first kappa shape index (κ1) is 22.3. The van der Waals surface area contributed by atoms with Gasteiger partial charge < -0.3 is 19.7 Å². The number of nitrogens with one attached hydrogen (secondary N) is 1. The summed E-state index contributed by atoms with van der Waals surface area (Å²) in [5.74, 6) is 1.29. The van der Waals surface area contributed by atoms with Crippen molar-refractivity contribution in [2.45, 2.75) is 32.2 Å². The van der Waals surface area contributed by atoms with Crippen LogP contribution in [0.2, 0.25) is 0 Å². The fourth-order valence-corrected chi connectivity index (χ4v) is 3.01. The normalized spacial score (nSPS) is 11.4. The van der Waals surface area contributed by atoms with Gasteiger partial charge in [-0.1, -0.05) is 30.3 Å². The van der Waals surface area contributed by atoms with Crippen molar-refractivity contribution in [3.63, 3.8) is 0 Å². The van der Waals surface area contributed by atoms with Gasteiger partial charge in [-0.15, -0.1) is 0 Å². The fraction of sp³-hybridized carbons (Fsp3) is 0.391. The third kappa shape index (κ3) is 7.14. The third-order valence-electron chi connectivity index (χ3n) is 4.76. The summed E-state index contributed by atoms with van der Waals surface area (Å²) in [6, 6.07) is 16.8. The maximum absolute atomic E-state index is 12.8. The minimum Gasteiger partial charge on any atom is -0.497 e. The molecule has 6 nitrogen and oxygen atoms in total. The molecular weight excluding hydrogens is 368 g/mol. The minimum absolute atomic E-state index is 0.0460. The number of hydrogen-bond acceptors (Lipinski definition) is 4. The van der Waals surface area contributed by atoms with E-state index in [2.05, 4.69) is 5.32 Å². The molecule has 0 radical (unpaired) electrons. The number of benzene rings is 2. The SMILES string of the molecule is CNC(=O)C(C)N(CCc1ccccc1)C(=O)CCCOc1ccc(OC)cc1. The highest BCUT2D eigenvalue weighted by Crippen LogP contribution is 2.17. The van der Waals surface area contributed by atoms with E-state index in [4.69, 9.17) is 9.47 Å². The number of amides is 2. The highest BCUT2D eigenvalue weighted by Gasteiger charge is 2.24. The van der Waals surface area contributed by atoms with Crippen LogP contribution in [0, 0.1) is 0 Å². The highest BCUT2D eigenvalue weighted by molar-refractivity contribution is 5.87. The second-order valence-corrected chi connectivity index (χ2v) is 6.74. The number of carbonyl (C=O) groups excluding carboxylic acids is 2. The van der Waals surface area contributed by atoms with Gasteiger partial charge in [0.25, 0.3) is 0 Å². The van der Waals surface area contributed by atoms with Crippen molar-refractivity contribution < 1.29 is 19.1 Å². The van der Waals surface area contributed by atoms with Gasteiger partial charge in [0.15, 0.2) is 0 Å². The molecule has 1 unspecified atom stereocenters. The van der Waals surface area contributed by atoms with E-state index < -0.39 is 6.04 Å². The molecule has 0 aliphatic rings. The van der Waals surface area contributed by atoms with Crippen molar-refractivity contribution in [3.8, 4) is 11.5 Å². The third-order valence-corrected chi connectivity index (χ3v) is 4.76. The summed E-state index contributed by atoms with van der Waals surface area (Å²) in [5.41, 5.74) is 1.14. The fourth-order valence-electron chi connectivity index (χ4n) is 3.01. The van der Waals surface area contributed by atoms with Crippen molar-refractivity contribution in [2.75, 3.05) is 27.3 Å². The van der Waals surface area contributed by atoms with Gasteiger partial charge >= 0.3 is 0 Å². The molecule has 0 saturated carbocycles. The first-order valence-electron chi connectivity index (χ1n) is 9.87. The quantitative estimate of drug-likeness (QED) is 0.591. The maximum atomic E-state index is 12.8. The van der Waals surface area contributed by atoms with Crippen molar-refractivity contribution in [1.82, 2.24) is 10.2 Å². The topological polar surface area (TPSA) is 67.9 Å². The van der Waals surface area contributed by atoms with Crippen molar-refractivity contribution in [2.24, 2.45) is 0 Å². The lowest BCUT2D eigenvalue weighted by atomic mass is 10.1. The molecule has 156 valence electrons. The van der Waals surface area contributed by atoms with Crippen LogP contribution in [0.3, 0.4) is 0 Å². The second kappa shape index (κ2) is 11.7. The van der Waals surface area contributed by atoms with Gasteiger partial charge in [-0.05, 0) is 49.6 Å². The van der Waals surface area contributed by atoms with Gasteiger partial charge in [0, 0.05) is 20.0 Å². The van der Waals surface area contributed by atoms with E-state index in [9.17, 15) is 9.59 Å². The summed E-state index contributed by atoms with van der Waals surface area (Å²) in [7, 11) is 3.20. The van der Waals surface area contributed by atoms with Crippen LogP contribution in [0.4, 0.5) is 0 Å². The van der Waals surface area contributed by atoms with E-state index in [-0.39, 0.29) is 11.8 Å². The first-order chi connectivity index (χ1) is 14.0. The monoisotopic (exact) mass is 398 g/mol. The Morgan fingerprint density at radius 2 is 1.69 bits per heavy atom. The second-order valence-electron chi connectivity index (χ2n) is 6.74. The molecule has 0 bridgehead atoms. The van der Waals surface area contributed by atoms with Gasteiger partial charge in [-0.25, -0.2) is 0 Å². The lowest BCUT2D eigenvalue weighted by Crippen LogP contribution is -2.48. The lowest BCUT2D eigenvalue weighted by molar-refractivity contribution is -0.139. The van der Waals surface area contributed by atoms with Gasteiger partial charge in [-0.3, -0.25) is 9.59 Å². The molecule has 2 amide bonds. The molecule has 1 atom stereocenters. The summed E-state index contributed by atoms with van der Waals surface area (Å²) in [4.78, 5) is 26.5. The van der Waals surface area contributed by atoms with Crippen LogP contribution >= 0.6 is 0 Å². The molecule has 0 aliphatic carbocycles. The molecule has 1 N–H and O–H groups in total. The molecule has 2 aromatic rings. The minimum atomic E-state index is -0.515. The summed E-state index contributed by atoms with van der Waals surface area (Å²) in [6.45, 7) is 2.69. The number of rotatable bonds is 11. The average Bonchev–Trinajstić information content (AvgIpc) is 2.77. The van der Waals surface area contributed by atoms with E-state index in [0.717, 1.165) is 17.1 Å². The molecule has 2 rings (SSSR count). The Morgan fingerprint density at radius 3 is 2.31 bits per heavy atom. The van der Waals surface area contributed by atoms with Gasteiger partial charge in [0.05, 0.1) is 13.7 Å². The number of methoxy groups -OCH3 is 1. The largest absolute Gasteiger partial charge is 0.497 e. The average molecular weight is 399 g/mol. The van der Waals surface area contributed by atoms with E-state index in [1.165, 1.54) is 0 Å². The van der Waals surface area contributed by atoms with Crippen molar-refractivity contribution in [3.05, 3.63) is 60.2 Å². The van der Waals surface area contributed by atoms with Crippen LogP contribution in [0.5, 0.6) is 11.5 Å². The number of nitrogens with zero attached hydrogens (tertiary/aromatic N) is 1. The maximum Gasteiger partial charge on any atom is 0.242 e. The summed E-state index contributed by atoms with van der Waals surface area (Å²) < 4.78 is 10.8. The predicted octanol–water partition coefficient (Wildman–Crippen LogP) is 3.06. The van der Waals surface area contributed by atoms with Crippen LogP contribution in [0.15, 0.2) is 54.6 Å². The summed E-state index contributed by atoms with van der Waals surface area (Å²) in [6.07, 6.45) is 1.61. The van der Waals surface area contributed by atoms with E-state index in [1.807, 2.05) is 54.6 Å². The number of likely N-dealkylation sites (N-methyl/N-ethyl adjacent to an activating group) is 1. The van der Waals surface area contributed by atoms with Crippen LogP contribution in [-0.4, -0.2) is 50.1 Å². The number of hydrogen-bond donors (Lipinski definition) is 1. The molecule has 0 saturated heterocycles. The molecular formula is C23H30N2O4. The van der Waals surface area contributed by atoms with E-state index >= 15 is 0 Å². The number of carbonyl (C=O) groups is 2. The Hall–Kier alpha value is -3.02. The molecule has 29 heavy (non-hydrogen) atoms. The Balaban J connectivity index is 1.87. The molecule has 0 aromatic heterocycles.